The molecule has 0 aliphatic heterocycles. The van der Waals surface area contributed by atoms with Crippen LogP contribution in [0, 0.1) is 13.8 Å². The van der Waals surface area contributed by atoms with Crippen molar-refractivity contribution in [3.8, 4) is 0 Å². The van der Waals surface area contributed by atoms with Crippen molar-refractivity contribution >= 4 is 0 Å². The Morgan fingerprint density at radius 2 is 1.56 bits per heavy atom. The number of rotatable bonds is 0. The molecule has 4 heteroatoms. The first-order valence-electron chi connectivity index (χ1n) is 5.09. The normalized spacial score (nSPS) is 13.0. The molecule has 0 radical (unpaired) electrons. The maximum atomic E-state index is 12.9. The summed E-state index contributed by atoms with van der Waals surface area (Å²) in [5.41, 5.74) is 0.0172. The molecule has 0 amide bonds. The van der Waals surface area contributed by atoms with Crippen LogP contribution in [0.5, 0.6) is 0 Å². The van der Waals surface area contributed by atoms with Gasteiger partial charge in [0.2, 0.25) is 0 Å². The van der Waals surface area contributed by atoms with Gasteiger partial charge in [0, 0.05) is 5.69 Å². The van der Waals surface area contributed by atoms with E-state index in [4.69, 9.17) is 0 Å². The number of pyridine rings is 1. The summed E-state index contributed by atoms with van der Waals surface area (Å²) in [5, 5.41) is 0. The summed E-state index contributed by atoms with van der Waals surface area (Å²) in [7, 11) is 0. The van der Waals surface area contributed by atoms with Crippen LogP contribution in [0.2, 0.25) is 0 Å². The molecule has 0 N–H and O–H groups in total. The fourth-order valence-electron chi connectivity index (χ4n) is 1.99. The van der Waals surface area contributed by atoms with Crippen LogP contribution in [-0.2, 0) is 11.6 Å². The molecule has 1 aromatic heterocycles. The number of alkyl halides is 3. The van der Waals surface area contributed by atoms with Gasteiger partial charge >= 0.3 is 6.18 Å². The first kappa shape index (κ1) is 13.0. The molecule has 1 aromatic rings. The minimum Gasteiger partial charge on any atom is -0.248 e. The van der Waals surface area contributed by atoms with Crippen LogP contribution in [0.3, 0.4) is 0 Å². The van der Waals surface area contributed by atoms with Crippen LogP contribution < -0.4 is 0 Å². The summed E-state index contributed by atoms with van der Waals surface area (Å²) in [4.78, 5) is 3.65. The summed E-state index contributed by atoms with van der Waals surface area (Å²) in [5.74, 6) is 0. The Bertz CT molecular complexity index is 400. The van der Waals surface area contributed by atoms with Crippen molar-refractivity contribution in [2.45, 2.75) is 46.2 Å². The third-order valence-electron chi connectivity index (χ3n) is 2.36. The van der Waals surface area contributed by atoms with Crippen LogP contribution in [0.25, 0.3) is 0 Å². The second kappa shape index (κ2) is 3.75. The van der Waals surface area contributed by atoms with Crippen LogP contribution in [-0.4, -0.2) is 4.98 Å². The lowest BCUT2D eigenvalue weighted by atomic mass is 9.82. The molecule has 0 saturated carbocycles. The van der Waals surface area contributed by atoms with Gasteiger partial charge in [-0.3, -0.25) is 0 Å². The molecular weight excluding hydrogens is 215 g/mol. The van der Waals surface area contributed by atoms with Crippen molar-refractivity contribution in [2.24, 2.45) is 0 Å². The molecule has 0 bridgehead atoms. The Labute approximate surface area is 93.7 Å². The van der Waals surface area contributed by atoms with Gasteiger partial charge in [-0.25, -0.2) is 4.98 Å². The molecule has 16 heavy (non-hydrogen) atoms. The highest BCUT2D eigenvalue weighted by atomic mass is 19.4. The third-order valence-corrected chi connectivity index (χ3v) is 2.36. The average molecular weight is 231 g/mol. The van der Waals surface area contributed by atoms with Crippen molar-refractivity contribution < 1.29 is 13.2 Å². The molecule has 0 aromatic carbocycles. The Morgan fingerprint density at radius 1 is 1.06 bits per heavy atom. The van der Waals surface area contributed by atoms with E-state index >= 15 is 0 Å². The minimum absolute atomic E-state index is 0.283. The fraction of sp³-hybridized carbons (Fsp3) is 0.583. The van der Waals surface area contributed by atoms with Gasteiger partial charge in [0.25, 0.3) is 0 Å². The smallest absolute Gasteiger partial charge is 0.248 e. The van der Waals surface area contributed by atoms with E-state index in [1.807, 2.05) is 0 Å². The first-order chi connectivity index (χ1) is 7.03. The second-order valence-corrected chi connectivity index (χ2v) is 5.05. The second-order valence-electron chi connectivity index (χ2n) is 5.05. The predicted molar refractivity (Wildman–Crippen MR) is 57.4 cm³/mol. The number of nitrogens with zero attached hydrogens (tertiary/aromatic N) is 1. The lowest BCUT2D eigenvalue weighted by Gasteiger charge is -2.25. The Balaban J connectivity index is 3.58. The van der Waals surface area contributed by atoms with E-state index in [-0.39, 0.29) is 5.56 Å². The summed E-state index contributed by atoms with van der Waals surface area (Å²) >= 11 is 0. The zero-order valence-corrected chi connectivity index (χ0v) is 10.2. The van der Waals surface area contributed by atoms with Gasteiger partial charge in [-0.2, -0.15) is 13.2 Å². The van der Waals surface area contributed by atoms with Crippen LogP contribution in [0.15, 0.2) is 6.07 Å². The average Bonchev–Trinajstić information content (AvgIpc) is 1.97. The topological polar surface area (TPSA) is 12.9 Å². The molecule has 0 aliphatic rings. The van der Waals surface area contributed by atoms with Gasteiger partial charge in [0.1, 0.15) is 5.69 Å². The van der Waals surface area contributed by atoms with Crippen molar-refractivity contribution in [1.82, 2.24) is 4.98 Å². The molecule has 1 nitrogen and oxygen atoms in total. The van der Waals surface area contributed by atoms with E-state index in [1.165, 1.54) is 0 Å². The van der Waals surface area contributed by atoms with Gasteiger partial charge in [-0.05, 0) is 36.5 Å². The largest absolute Gasteiger partial charge is 0.433 e. The van der Waals surface area contributed by atoms with Crippen molar-refractivity contribution in [3.05, 3.63) is 28.6 Å². The lowest BCUT2D eigenvalue weighted by molar-refractivity contribution is -0.142. The Kier molecular flexibility index (Phi) is 3.05. The maximum Gasteiger partial charge on any atom is 0.433 e. The number of hydrogen-bond acceptors (Lipinski definition) is 1. The highest BCUT2D eigenvalue weighted by molar-refractivity contribution is 5.38. The molecule has 0 atom stereocenters. The van der Waals surface area contributed by atoms with Gasteiger partial charge in [-0.15, -0.1) is 0 Å². The first-order valence-corrected chi connectivity index (χ1v) is 5.09. The van der Waals surface area contributed by atoms with E-state index < -0.39 is 17.3 Å². The van der Waals surface area contributed by atoms with E-state index in [1.54, 1.807) is 40.7 Å². The van der Waals surface area contributed by atoms with Crippen LogP contribution in [0.1, 0.15) is 43.3 Å². The SMILES string of the molecule is Cc1cc(C)c(C(C)(C)C)c(C(F)(F)F)n1. The molecule has 0 aliphatic carbocycles. The Hall–Kier alpha value is -1.06. The molecule has 0 unspecified atom stereocenters. The number of hydrogen-bond donors (Lipinski definition) is 0. The number of aryl methyl sites for hydroxylation is 2. The van der Waals surface area contributed by atoms with Crippen molar-refractivity contribution in [2.75, 3.05) is 0 Å². The van der Waals surface area contributed by atoms with Gasteiger partial charge < -0.3 is 0 Å². The quantitative estimate of drug-likeness (QED) is 0.657. The van der Waals surface area contributed by atoms with E-state index in [0.717, 1.165) is 0 Å². The van der Waals surface area contributed by atoms with E-state index in [0.29, 0.717) is 11.3 Å². The number of aromatic nitrogens is 1. The highest BCUT2D eigenvalue weighted by Crippen LogP contribution is 2.38. The maximum absolute atomic E-state index is 12.9. The van der Waals surface area contributed by atoms with Gasteiger partial charge in [0.05, 0.1) is 0 Å². The summed E-state index contributed by atoms with van der Waals surface area (Å²) in [6.07, 6.45) is -4.39. The van der Waals surface area contributed by atoms with Crippen molar-refractivity contribution in [1.29, 1.82) is 0 Å². The predicted octanol–water partition coefficient (Wildman–Crippen LogP) is 4.01. The monoisotopic (exact) mass is 231 g/mol. The van der Waals surface area contributed by atoms with Crippen molar-refractivity contribution in [3.63, 3.8) is 0 Å². The molecule has 0 spiro atoms. The molecule has 1 heterocycles. The molecular formula is C12H16F3N. The standard InChI is InChI=1S/C12H16F3N/c1-7-6-8(2)16-10(12(13,14)15)9(7)11(3,4)5/h6H,1-5H3. The highest BCUT2D eigenvalue weighted by Gasteiger charge is 2.39. The van der Waals surface area contributed by atoms with Gasteiger partial charge in [0.15, 0.2) is 0 Å². The summed E-state index contributed by atoms with van der Waals surface area (Å²) < 4.78 is 38.6. The van der Waals surface area contributed by atoms with Crippen LogP contribution in [0.4, 0.5) is 13.2 Å². The fourth-order valence-corrected chi connectivity index (χ4v) is 1.99. The molecule has 0 fully saturated rings. The molecule has 1 rings (SSSR count). The zero-order chi connectivity index (χ0) is 12.7. The van der Waals surface area contributed by atoms with E-state index in [9.17, 15) is 13.2 Å². The zero-order valence-electron chi connectivity index (χ0n) is 10.2. The Morgan fingerprint density at radius 3 is 1.94 bits per heavy atom. The summed E-state index contributed by atoms with van der Waals surface area (Å²) in [6.45, 7) is 8.57. The molecule has 0 saturated heterocycles. The molecule has 90 valence electrons. The van der Waals surface area contributed by atoms with E-state index in [2.05, 4.69) is 4.98 Å². The van der Waals surface area contributed by atoms with Crippen LogP contribution >= 0.6 is 0 Å². The third kappa shape index (κ3) is 2.54. The minimum atomic E-state index is -4.39. The lowest BCUT2D eigenvalue weighted by Crippen LogP contribution is -2.23. The number of halogens is 3. The van der Waals surface area contributed by atoms with Gasteiger partial charge in [-0.1, -0.05) is 20.8 Å². The summed E-state index contributed by atoms with van der Waals surface area (Å²) in [6, 6.07) is 1.69.